The summed E-state index contributed by atoms with van der Waals surface area (Å²) in [6.45, 7) is 11.0. The van der Waals surface area contributed by atoms with Gasteiger partial charge in [-0.3, -0.25) is 4.79 Å². The van der Waals surface area contributed by atoms with Gasteiger partial charge in [0.2, 0.25) is 0 Å². The van der Waals surface area contributed by atoms with Gasteiger partial charge in [-0.05, 0) is 62.7 Å². The first-order chi connectivity index (χ1) is 9.86. The van der Waals surface area contributed by atoms with Gasteiger partial charge in [0.25, 0.3) is 0 Å². The monoisotopic (exact) mass is 284 g/mol. The Hall–Kier alpha value is -1.63. The van der Waals surface area contributed by atoms with E-state index < -0.39 is 0 Å². The molecule has 0 bridgehead atoms. The average Bonchev–Trinajstić information content (AvgIpc) is 2.41. The van der Waals surface area contributed by atoms with Gasteiger partial charge < -0.3 is 0 Å². The van der Waals surface area contributed by atoms with Crippen molar-refractivity contribution in [2.75, 3.05) is 0 Å². The van der Waals surface area contributed by atoms with Gasteiger partial charge in [0, 0.05) is 0 Å². The van der Waals surface area contributed by atoms with Gasteiger partial charge in [0.15, 0.2) is 0 Å². The highest BCUT2D eigenvalue weighted by Gasteiger charge is 2.25. The van der Waals surface area contributed by atoms with Crippen LogP contribution in [0.2, 0.25) is 0 Å². The van der Waals surface area contributed by atoms with Crippen LogP contribution in [-0.4, -0.2) is 6.29 Å². The molecule has 0 spiro atoms. The predicted molar refractivity (Wildman–Crippen MR) is 92.2 cm³/mol. The predicted octanol–water partition coefficient (Wildman–Crippen LogP) is 5.72. The summed E-state index contributed by atoms with van der Waals surface area (Å²) in [6, 6.07) is 0. The lowest BCUT2D eigenvalue weighted by atomic mass is 9.73. The fourth-order valence-electron chi connectivity index (χ4n) is 2.54. The molecule has 1 aliphatic rings. The first kappa shape index (κ1) is 17.4. The lowest BCUT2D eigenvalue weighted by molar-refractivity contribution is -0.104. The van der Waals surface area contributed by atoms with E-state index in [4.69, 9.17) is 0 Å². The Morgan fingerprint density at radius 2 is 1.76 bits per heavy atom. The number of allylic oxidation sites excluding steroid dienone is 10. The SMILES string of the molecule is CC1=C(/C=C/C(C)=C/C=C/C(C)=C/C=O)CCCC1(C)C. The van der Waals surface area contributed by atoms with Crippen molar-refractivity contribution >= 4 is 6.29 Å². The summed E-state index contributed by atoms with van der Waals surface area (Å²) in [5.41, 5.74) is 5.53. The minimum atomic E-state index is 0.339. The van der Waals surface area contributed by atoms with Crippen molar-refractivity contribution in [1.29, 1.82) is 0 Å². The van der Waals surface area contributed by atoms with Gasteiger partial charge in [-0.25, -0.2) is 0 Å². The molecule has 0 atom stereocenters. The van der Waals surface area contributed by atoms with Crippen molar-refractivity contribution < 1.29 is 4.79 Å². The van der Waals surface area contributed by atoms with E-state index in [2.05, 4.69) is 45.9 Å². The zero-order valence-electron chi connectivity index (χ0n) is 14.1. The molecule has 0 aromatic carbocycles. The second kappa shape index (κ2) is 7.97. The number of rotatable bonds is 5. The van der Waals surface area contributed by atoms with E-state index in [-0.39, 0.29) is 0 Å². The van der Waals surface area contributed by atoms with Gasteiger partial charge >= 0.3 is 0 Å². The summed E-state index contributed by atoms with van der Waals surface area (Å²) in [6.07, 6.45) is 16.6. The Bertz CT molecular complexity index is 522. The summed E-state index contributed by atoms with van der Waals surface area (Å²) in [5, 5.41) is 0. The molecule has 0 saturated carbocycles. The first-order valence-electron chi connectivity index (χ1n) is 7.72. The molecule has 0 unspecified atom stereocenters. The van der Waals surface area contributed by atoms with Gasteiger partial charge in [0.1, 0.15) is 6.29 Å². The molecule has 1 aliphatic carbocycles. The number of hydrogen-bond acceptors (Lipinski definition) is 1. The van der Waals surface area contributed by atoms with Crippen molar-refractivity contribution in [2.24, 2.45) is 5.41 Å². The van der Waals surface area contributed by atoms with E-state index in [0.717, 1.165) is 11.9 Å². The maximum absolute atomic E-state index is 10.3. The van der Waals surface area contributed by atoms with Crippen molar-refractivity contribution in [3.05, 3.63) is 58.7 Å². The molecule has 0 saturated heterocycles. The molecule has 0 heterocycles. The van der Waals surface area contributed by atoms with E-state index >= 15 is 0 Å². The molecule has 1 nitrogen and oxygen atoms in total. The number of carbonyl (C=O) groups is 1. The molecule has 0 N–H and O–H groups in total. The van der Waals surface area contributed by atoms with E-state index in [1.807, 2.05) is 19.1 Å². The third-order valence-corrected chi connectivity index (χ3v) is 4.34. The van der Waals surface area contributed by atoms with Crippen LogP contribution in [0.5, 0.6) is 0 Å². The standard InChI is InChI=1S/C20H28O/c1-16(8-6-9-17(2)13-15-21)11-12-19-10-7-14-20(4,5)18(19)3/h6,8-9,11-13,15H,7,10,14H2,1-5H3/b9-6+,12-11+,16-8+,17-13+. The second-order valence-corrected chi connectivity index (χ2v) is 6.54. The summed E-state index contributed by atoms with van der Waals surface area (Å²) >= 11 is 0. The maximum Gasteiger partial charge on any atom is 0.143 e. The zero-order valence-corrected chi connectivity index (χ0v) is 14.1. The molecule has 0 radical (unpaired) electrons. The molecule has 114 valence electrons. The molecule has 1 heteroatoms. The third-order valence-electron chi connectivity index (χ3n) is 4.34. The van der Waals surface area contributed by atoms with Crippen LogP contribution in [0.15, 0.2) is 58.7 Å². The fraction of sp³-hybridized carbons (Fsp3) is 0.450. The van der Waals surface area contributed by atoms with Crippen molar-refractivity contribution in [2.45, 2.75) is 53.9 Å². The van der Waals surface area contributed by atoms with Gasteiger partial charge in [-0.1, -0.05) is 55.4 Å². The molecule has 0 fully saturated rings. The minimum Gasteiger partial charge on any atom is -0.299 e. The highest BCUT2D eigenvalue weighted by Crippen LogP contribution is 2.40. The smallest absolute Gasteiger partial charge is 0.143 e. The quantitative estimate of drug-likeness (QED) is 0.358. The summed E-state index contributed by atoms with van der Waals surface area (Å²) < 4.78 is 0. The van der Waals surface area contributed by atoms with Crippen LogP contribution in [0.1, 0.15) is 53.9 Å². The molecule has 0 aromatic heterocycles. The van der Waals surface area contributed by atoms with Crippen LogP contribution in [0.3, 0.4) is 0 Å². The van der Waals surface area contributed by atoms with Gasteiger partial charge in [-0.15, -0.1) is 0 Å². The summed E-state index contributed by atoms with van der Waals surface area (Å²) in [4.78, 5) is 10.3. The molecular formula is C20H28O. The van der Waals surface area contributed by atoms with Crippen molar-refractivity contribution in [1.82, 2.24) is 0 Å². The van der Waals surface area contributed by atoms with E-state index in [9.17, 15) is 4.79 Å². The zero-order chi connectivity index (χ0) is 15.9. The van der Waals surface area contributed by atoms with Crippen molar-refractivity contribution in [3.63, 3.8) is 0 Å². The lowest BCUT2D eigenvalue weighted by Gasteiger charge is -2.32. The van der Waals surface area contributed by atoms with Crippen LogP contribution in [-0.2, 0) is 4.79 Å². The highest BCUT2D eigenvalue weighted by atomic mass is 16.1. The Morgan fingerprint density at radius 1 is 1.10 bits per heavy atom. The Kier molecular flexibility index (Phi) is 6.61. The Labute approximate surface area is 129 Å². The first-order valence-corrected chi connectivity index (χ1v) is 7.72. The summed E-state index contributed by atoms with van der Waals surface area (Å²) in [7, 11) is 0. The lowest BCUT2D eigenvalue weighted by Crippen LogP contribution is -2.18. The molecule has 0 amide bonds. The molecule has 0 aliphatic heterocycles. The molecule has 21 heavy (non-hydrogen) atoms. The van der Waals surface area contributed by atoms with Crippen LogP contribution >= 0.6 is 0 Å². The maximum atomic E-state index is 10.3. The van der Waals surface area contributed by atoms with Crippen LogP contribution in [0.4, 0.5) is 0 Å². The van der Waals surface area contributed by atoms with Gasteiger partial charge in [0.05, 0.1) is 0 Å². The minimum absolute atomic E-state index is 0.339. The van der Waals surface area contributed by atoms with E-state index in [1.165, 1.54) is 36.0 Å². The van der Waals surface area contributed by atoms with E-state index in [0.29, 0.717) is 5.41 Å². The Morgan fingerprint density at radius 3 is 2.43 bits per heavy atom. The number of carbonyl (C=O) groups excluding carboxylic acids is 1. The van der Waals surface area contributed by atoms with Crippen LogP contribution < -0.4 is 0 Å². The molecular weight excluding hydrogens is 256 g/mol. The fourth-order valence-corrected chi connectivity index (χ4v) is 2.54. The topological polar surface area (TPSA) is 17.1 Å². The average molecular weight is 284 g/mol. The largest absolute Gasteiger partial charge is 0.299 e. The number of aldehydes is 1. The molecule has 0 aromatic rings. The number of hydrogen-bond donors (Lipinski definition) is 0. The van der Waals surface area contributed by atoms with Crippen LogP contribution in [0, 0.1) is 5.41 Å². The van der Waals surface area contributed by atoms with Gasteiger partial charge in [-0.2, -0.15) is 0 Å². The summed E-state index contributed by atoms with van der Waals surface area (Å²) in [5.74, 6) is 0. The Balaban J connectivity index is 2.76. The second-order valence-electron chi connectivity index (χ2n) is 6.54. The highest BCUT2D eigenvalue weighted by molar-refractivity contribution is 5.66. The molecule has 1 rings (SSSR count). The van der Waals surface area contributed by atoms with E-state index in [1.54, 1.807) is 6.08 Å². The van der Waals surface area contributed by atoms with Crippen LogP contribution in [0.25, 0.3) is 0 Å². The normalized spacial score (nSPS) is 20.6. The third kappa shape index (κ3) is 5.71. The van der Waals surface area contributed by atoms with Crippen molar-refractivity contribution in [3.8, 4) is 0 Å².